The number of pyridine rings is 1. The lowest BCUT2D eigenvalue weighted by Gasteiger charge is -2.16. The maximum atomic E-state index is 13.0. The van der Waals surface area contributed by atoms with Gasteiger partial charge in [0.25, 0.3) is 0 Å². The van der Waals surface area contributed by atoms with E-state index < -0.39 is 6.09 Å². The number of benzene rings is 3. The minimum Gasteiger partial charge on any atom is -0.449 e. The second-order valence-corrected chi connectivity index (χ2v) is 10.7. The van der Waals surface area contributed by atoms with Gasteiger partial charge >= 0.3 is 6.09 Å². The Hall–Kier alpha value is -4.53. The number of carbonyl (C=O) groups is 2. The maximum absolute atomic E-state index is 13.0. The Morgan fingerprint density at radius 1 is 0.951 bits per heavy atom. The summed E-state index contributed by atoms with van der Waals surface area (Å²) < 4.78 is 5.73. The van der Waals surface area contributed by atoms with Crippen LogP contribution in [0.3, 0.4) is 0 Å². The lowest BCUT2D eigenvalue weighted by Crippen LogP contribution is -2.26. The largest absolute Gasteiger partial charge is 0.449 e. The Balaban J connectivity index is 1.23. The first-order valence-electron chi connectivity index (χ1n) is 12.9. The molecule has 0 saturated heterocycles. The Kier molecular flexibility index (Phi) is 7.75. The van der Waals surface area contributed by atoms with Gasteiger partial charge in [-0.15, -0.1) is 0 Å². The van der Waals surface area contributed by atoms with Gasteiger partial charge in [-0.2, -0.15) is 0 Å². The van der Waals surface area contributed by atoms with E-state index in [1.54, 1.807) is 43.0 Å². The minimum absolute atomic E-state index is 0.0420. The molecule has 7 nitrogen and oxygen atoms in total. The van der Waals surface area contributed by atoms with Gasteiger partial charge in [0.1, 0.15) is 11.6 Å². The third-order valence-electron chi connectivity index (χ3n) is 6.87. The van der Waals surface area contributed by atoms with Gasteiger partial charge in [0, 0.05) is 47.1 Å². The van der Waals surface area contributed by atoms with Crippen LogP contribution in [0.1, 0.15) is 33.0 Å². The molecule has 202 valence electrons. The van der Waals surface area contributed by atoms with Crippen LogP contribution in [0.25, 0.3) is 22.4 Å². The molecule has 9 heteroatoms. The highest BCUT2D eigenvalue weighted by molar-refractivity contribution is 7.99. The molecule has 1 amide bonds. The Morgan fingerprint density at radius 3 is 2.41 bits per heavy atom. The molecule has 0 unspecified atom stereocenters. The van der Waals surface area contributed by atoms with Gasteiger partial charge in [0.05, 0.1) is 16.9 Å². The number of rotatable bonds is 8. The van der Waals surface area contributed by atoms with E-state index in [-0.39, 0.29) is 19.1 Å². The molecule has 0 saturated carbocycles. The molecule has 2 heterocycles. The third kappa shape index (κ3) is 5.57. The highest BCUT2D eigenvalue weighted by Crippen LogP contribution is 2.44. The van der Waals surface area contributed by atoms with Gasteiger partial charge < -0.3 is 10.1 Å². The van der Waals surface area contributed by atoms with Gasteiger partial charge in [-0.1, -0.05) is 71.9 Å². The molecule has 2 aromatic heterocycles. The van der Waals surface area contributed by atoms with Crippen molar-refractivity contribution in [3.05, 3.63) is 125 Å². The first-order chi connectivity index (χ1) is 20.1. The predicted molar refractivity (Wildman–Crippen MR) is 158 cm³/mol. The van der Waals surface area contributed by atoms with Crippen LogP contribution in [-0.4, -0.2) is 33.9 Å². The SMILES string of the molecule is O=Cc1cccnc1Sc1c(Cl)cc(-c2cnccn2)cc1CNC(=O)OCC1c2ccccc2-c2ccccc21. The van der Waals surface area contributed by atoms with Gasteiger partial charge in [-0.3, -0.25) is 14.8 Å². The number of aromatic nitrogens is 3. The standard InChI is InChI=1S/C32H23ClN4O3S/c33-28-15-21(29-17-34-12-13-35-29)14-22(30(28)41-31-20(18-38)6-5-11-36-31)16-37-32(39)40-19-27-25-9-3-1-7-23(25)24-8-2-4-10-26(24)27/h1-15,17-18,27H,16,19H2,(H,37,39). The number of hydrogen-bond acceptors (Lipinski definition) is 7. The van der Waals surface area contributed by atoms with E-state index in [0.29, 0.717) is 26.2 Å². The van der Waals surface area contributed by atoms with Crippen molar-refractivity contribution in [2.24, 2.45) is 0 Å². The van der Waals surface area contributed by atoms with Crippen molar-refractivity contribution in [1.29, 1.82) is 0 Å². The van der Waals surface area contributed by atoms with Gasteiger partial charge in [-0.05, 0) is 52.1 Å². The van der Waals surface area contributed by atoms with Crippen LogP contribution in [0.4, 0.5) is 4.79 Å². The quantitative estimate of drug-likeness (QED) is 0.195. The monoisotopic (exact) mass is 578 g/mol. The number of hydrogen-bond donors (Lipinski definition) is 1. The number of ether oxygens (including phenoxy) is 1. The second-order valence-electron chi connectivity index (χ2n) is 9.33. The van der Waals surface area contributed by atoms with Crippen molar-refractivity contribution < 1.29 is 14.3 Å². The molecule has 0 bridgehead atoms. The summed E-state index contributed by atoms with van der Waals surface area (Å²) in [5.41, 5.74) is 7.17. The minimum atomic E-state index is -0.546. The number of fused-ring (bicyclic) bond motifs is 3. The molecule has 41 heavy (non-hydrogen) atoms. The summed E-state index contributed by atoms with van der Waals surface area (Å²) in [7, 11) is 0. The number of nitrogens with zero attached hydrogens (tertiary/aromatic N) is 3. The van der Waals surface area contributed by atoms with E-state index in [1.165, 1.54) is 22.9 Å². The Labute approximate surface area is 246 Å². The summed E-state index contributed by atoms with van der Waals surface area (Å²) in [6.45, 7) is 0.342. The van der Waals surface area contributed by atoms with Crippen molar-refractivity contribution in [3.63, 3.8) is 0 Å². The van der Waals surface area contributed by atoms with Crippen LogP contribution in [0, 0.1) is 0 Å². The predicted octanol–water partition coefficient (Wildman–Crippen LogP) is 7.19. The first-order valence-corrected chi connectivity index (χ1v) is 14.1. The lowest BCUT2D eigenvalue weighted by molar-refractivity contribution is 0.112. The van der Waals surface area contributed by atoms with Crippen molar-refractivity contribution in [1.82, 2.24) is 20.3 Å². The van der Waals surface area contributed by atoms with Crippen LogP contribution >= 0.6 is 23.4 Å². The summed E-state index contributed by atoms with van der Waals surface area (Å²) >= 11 is 8.02. The van der Waals surface area contributed by atoms with E-state index in [2.05, 4.69) is 44.5 Å². The van der Waals surface area contributed by atoms with Crippen LogP contribution in [0.2, 0.25) is 5.02 Å². The lowest BCUT2D eigenvalue weighted by atomic mass is 9.98. The highest BCUT2D eigenvalue weighted by atomic mass is 35.5. The van der Waals surface area contributed by atoms with Crippen molar-refractivity contribution in [2.45, 2.75) is 22.4 Å². The first kappa shape index (κ1) is 26.7. The average Bonchev–Trinajstić information content (AvgIpc) is 3.34. The third-order valence-corrected chi connectivity index (χ3v) is 8.50. The number of halogens is 1. The molecule has 6 rings (SSSR count). The van der Waals surface area contributed by atoms with Gasteiger partial charge in [0.15, 0.2) is 6.29 Å². The molecule has 1 N–H and O–H groups in total. The van der Waals surface area contributed by atoms with Crippen molar-refractivity contribution in [2.75, 3.05) is 6.61 Å². The fraction of sp³-hybridized carbons (Fsp3) is 0.0938. The van der Waals surface area contributed by atoms with E-state index in [0.717, 1.165) is 28.5 Å². The fourth-order valence-electron chi connectivity index (χ4n) is 4.98. The molecular weight excluding hydrogens is 556 g/mol. The van der Waals surface area contributed by atoms with Crippen LogP contribution in [-0.2, 0) is 11.3 Å². The number of aldehydes is 1. The summed E-state index contributed by atoms with van der Waals surface area (Å²) in [6, 6.07) is 23.5. The van der Waals surface area contributed by atoms with E-state index in [4.69, 9.17) is 16.3 Å². The highest BCUT2D eigenvalue weighted by Gasteiger charge is 2.29. The number of nitrogens with one attached hydrogen (secondary N) is 1. The summed E-state index contributed by atoms with van der Waals surface area (Å²) in [6.07, 6.45) is 6.67. The van der Waals surface area contributed by atoms with Crippen LogP contribution in [0.5, 0.6) is 0 Å². The summed E-state index contributed by atoms with van der Waals surface area (Å²) in [5.74, 6) is -0.0420. The molecule has 1 aliphatic carbocycles. The second kappa shape index (κ2) is 11.9. The zero-order valence-corrected chi connectivity index (χ0v) is 23.2. The van der Waals surface area contributed by atoms with Crippen LogP contribution < -0.4 is 5.32 Å². The smallest absolute Gasteiger partial charge is 0.407 e. The normalized spacial score (nSPS) is 11.9. The molecular formula is C32H23ClN4O3S. The Morgan fingerprint density at radius 2 is 1.71 bits per heavy atom. The molecule has 0 fully saturated rings. The molecule has 0 atom stereocenters. The average molecular weight is 579 g/mol. The van der Waals surface area contributed by atoms with Gasteiger partial charge in [0.2, 0.25) is 0 Å². The molecule has 3 aromatic carbocycles. The number of alkyl carbamates (subject to hydrolysis) is 1. The topological polar surface area (TPSA) is 94.1 Å². The molecule has 5 aromatic rings. The van der Waals surface area contributed by atoms with E-state index in [1.807, 2.05) is 30.3 Å². The molecule has 1 aliphatic rings. The zero-order chi connectivity index (χ0) is 28.2. The molecule has 0 spiro atoms. The zero-order valence-electron chi connectivity index (χ0n) is 21.7. The van der Waals surface area contributed by atoms with E-state index >= 15 is 0 Å². The maximum Gasteiger partial charge on any atom is 0.407 e. The summed E-state index contributed by atoms with van der Waals surface area (Å²) in [4.78, 5) is 38.1. The van der Waals surface area contributed by atoms with Crippen molar-refractivity contribution in [3.8, 4) is 22.4 Å². The number of carbonyl (C=O) groups excluding carboxylic acids is 2. The molecule has 0 radical (unpaired) electrons. The van der Waals surface area contributed by atoms with E-state index in [9.17, 15) is 9.59 Å². The number of amides is 1. The fourth-order valence-corrected chi connectivity index (χ4v) is 6.30. The Bertz CT molecular complexity index is 1700. The van der Waals surface area contributed by atoms with Gasteiger partial charge in [-0.25, -0.2) is 9.78 Å². The summed E-state index contributed by atoms with van der Waals surface area (Å²) in [5, 5.41) is 3.82. The van der Waals surface area contributed by atoms with Crippen molar-refractivity contribution >= 4 is 35.7 Å². The molecule has 0 aliphatic heterocycles. The van der Waals surface area contributed by atoms with Crippen LogP contribution in [0.15, 0.2) is 108 Å².